The Hall–Kier alpha value is -0.220. The van der Waals surface area contributed by atoms with Gasteiger partial charge in [0.1, 0.15) is 0 Å². The SMILES string of the molecule is O=S1(=O)CCC(S(=O)(=O)N2CCOCC2CO)C1. The average Bonchev–Trinajstić information content (AvgIpc) is 2.70. The van der Waals surface area contributed by atoms with E-state index in [1.165, 1.54) is 4.31 Å². The minimum absolute atomic E-state index is 0.0783. The molecule has 1 N–H and O–H groups in total. The van der Waals surface area contributed by atoms with Gasteiger partial charge in [-0.1, -0.05) is 0 Å². The van der Waals surface area contributed by atoms with E-state index in [9.17, 15) is 16.8 Å². The van der Waals surface area contributed by atoms with Crippen LogP contribution in [0.4, 0.5) is 0 Å². The minimum Gasteiger partial charge on any atom is -0.395 e. The van der Waals surface area contributed by atoms with Crippen LogP contribution in [0.3, 0.4) is 0 Å². The van der Waals surface area contributed by atoms with Gasteiger partial charge in [0.25, 0.3) is 0 Å². The van der Waals surface area contributed by atoms with E-state index in [0.717, 1.165) is 0 Å². The van der Waals surface area contributed by atoms with Crippen molar-refractivity contribution in [1.29, 1.82) is 0 Å². The fourth-order valence-corrected chi connectivity index (χ4v) is 6.98. The highest BCUT2D eigenvalue weighted by molar-refractivity contribution is 7.95. The lowest BCUT2D eigenvalue weighted by atomic mass is 10.3. The molecule has 2 aliphatic rings. The number of rotatable bonds is 3. The van der Waals surface area contributed by atoms with Gasteiger partial charge in [-0.2, -0.15) is 4.31 Å². The predicted octanol–water partition coefficient (Wildman–Crippen LogP) is -1.80. The molecule has 2 rings (SSSR count). The number of sulfonamides is 1. The molecule has 7 nitrogen and oxygen atoms in total. The summed E-state index contributed by atoms with van der Waals surface area (Å²) in [5.74, 6) is -0.393. The first-order valence-corrected chi connectivity index (χ1v) is 9.09. The van der Waals surface area contributed by atoms with Gasteiger partial charge in [0.05, 0.1) is 42.6 Å². The van der Waals surface area contributed by atoms with Crippen LogP contribution in [-0.4, -0.2) is 75.4 Å². The summed E-state index contributed by atoms with van der Waals surface area (Å²) in [6.07, 6.45) is 0.139. The molecule has 0 bridgehead atoms. The van der Waals surface area contributed by atoms with E-state index in [1.54, 1.807) is 0 Å². The first-order chi connectivity index (χ1) is 8.37. The van der Waals surface area contributed by atoms with E-state index in [0.29, 0.717) is 0 Å². The van der Waals surface area contributed by atoms with Crippen LogP contribution in [0.1, 0.15) is 6.42 Å². The number of ether oxygens (including phenoxy) is 1. The van der Waals surface area contributed by atoms with Crippen molar-refractivity contribution in [1.82, 2.24) is 4.31 Å². The average molecular weight is 299 g/mol. The summed E-state index contributed by atoms with van der Waals surface area (Å²) in [7, 11) is -6.92. The molecule has 0 aromatic carbocycles. The molecular formula is C9H17NO6S2. The zero-order valence-electron chi connectivity index (χ0n) is 9.86. The highest BCUT2D eigenvalue weighted by Gasteiger charge is 2.43. The molecule has 9 heteroatoms. The summed E-state index contributed by atoms with van der Waals surface area (Å²) in [5.41, 5.74) is 0. The molecule has 0 aromatic rings. The first kappa shape index (κ1) is 14.2. The van der Waals surface area contributed by atoms with Crippen molar-refractivity contribution in [2.24, 2.45) is 0 Å². The molecule has 2 aliphatic heterocycles. The van der Waals surface area contributed by atoms with Gasteiger partial charge in [0.2, 0.25) is 10.0 Å². The third-order valence-electron chi connectivity index (χ3n) is 3.32. The van der Waals surface area contributed by atoms with Crippen LogP contribution in [0.2, 0.25) is 0 Å². The van der Waals surface area contributed by atoms with Gasteiger partial charge in [0, 0.05) is 6.54 Å². The van der Waals surface area contributed by atoms with Crippen molar-refractivity contribution in [2.75, 3.05) is 37.9 Å². The molecule has 0 aliphatic carbocycles. The zero-order valence-corrected chi connectivity index (χ0v) is 11.5. The third kappa shape index (κ3) is 2.69. The number of aliphatic hydroxyl groups is 1. The topological polar surface area (TPSA) is 101 Å². The highest BCUT2D eigenvalue weighted by atomic mass is 32.2. The fourth-order valence-electron chi connectivity index (χ4n) is 2.31. The maximum absolute atomic E-state index is 12.3. The van der Waals surface area contributed by atoms with Gasteiger partial charge in [-0.25, -0.2) is 16.8 Å². The van der Waals surface area contributed by atoms with Crippen LogP contribution in [0.5, 0.6) is 0 Å². The smallest absolute Gasteiger partial charge is 0.218 e. The van der Waals surface area contributed by atoms with Crippen LogP contribution in [0, 0.1) is 0 Å². The van der Waals surface area contributed by atoms with Crippen molar-refractivity contribution >= 4 is 19.9 Å². The monoisotopic (exact) mass is 299 g/mol. The number of aliphatic hydroxyl groups excluding tert-OH is 1. The second-order valence-corrected chi connectivity index (χ2v) is 8.99. The second kappa shape index (κ2) is 5.04. The lowest BCUT2D eigenvalue weighted by Gasteiger charge is -2.34. The molecule has 0 aromatic heterocycles. The van der Waals surface area contributed by atoms with Crippen molar-refractivity contribution in [3.63, 3.8) is 0 Å². The Morgan fingerprint density at radius 1 is 1.39 bits per heavy atom. The molecule has 0 amide bonds. The van der Waals surface area contributed by atoms with Gasteiger partial charge in [-0.15, -0.1) is 0 Å². The summed E-state index contributed by atoms with van der Waals surface area (Å²) in [6, 6.07) is -0.605. The van der Waals surface area contributed by atoms with Crippen molar-refractivity contribution < 1.29 is 26.7 Å². The molecular weight excluding hydrogens is 282 g/mol. The lowest BCUT2D eigenvalue weighted by Crippen LogP contribution is -2.53. The van der Waals surface area contributed by atoms with Crippen molar-refractivity contribution in [3.8, 4) is 0 Å². The zero-order chi connectivity index (χ0) is 13.4. The molecule has 2 unspecified atom stereocenters. The van der Waals surface area contributed by atoms with E-state index < -0.39 is 31.2 Å². The number of morpholine rings is 1. The summed E-state index contributed by atoms with van der Waals surface area (Å²) in [4.78, 5) is 0. The van der Waals surface area contributed by atoms with Crippen LogP contribution in [0.15, 0.2) is 0 Å². The predicted molar refractivity (Wildman–Crippen MR) is 64.4 cm³/mol. The largest absolute Gasteiger partial charge is 0.395 e. The quantitative estimate of drug-likeness (QED) is 0.659. The lowest BCUT2D eigenvalue weighted by molar-refractivity contribution is 0.0106. The Morgan fingerprint density at radius 2 is 2.11 bits per heavy atom. The molecule has 106 valence electrons. The number of sulfone groups is 1. The maximum Gasteiger partial charge on any atom is 0.218 e. The summed E-state index contributed by atoms with van der Waals surface area (Å²) in [5, 5.41) is 8.29. The first-order valence-electron chi connectivity index (χ1n) is 5.76. The van der Waals surface area contributed by atoms with E-state index in [-0.39, 0.29) is 44.3 Å². The van der Waals surface area contributed by atoms with Gasteiger partial charge >= 0.3 is 0 Å². The standard InChI is InChI=1S/C9H17NO6S2/c11-5-8-6-16-3-2-10(8)18(14,15)9-1-4-17(12,13)7-9/h8-9,11H,1-7H2. The normalized spacial score (nSPS) is 33.6. The summed E-state index contributed by atoms with van der Waals surface area (Å²) < 4.78 is 53.7. The van der Waals surface area contributed by atoms with Crippen molar-refractivity contribution in [2.45, 2.75) is 17.7 Å². The highest BCUT2D eigenvalue weighted by Crippen LogP contribution is 2.24. The Kier molecular flexibility index (Phi) is 3.98. The van der Waals surface area contributed by atoms with E-state index >= 15 is 0 Å². The third-order valence-corrected chi connectivity index (χ3v) is 7.68. The molecule has 2 heterocycles. The second-order valence-electron chi connectivity index (χ2n) is 4.59. The van der Waals surface area contributed by atoms with Crippen LogP contribution in [0.25, 0.3) is 0 Å². The molecule has 2 atom stereocenters. The Bertz CT molecular complexity index is 499. The number of hydrogen-bond acceptors (Lipinski definition) is 6. The summed E-state index contributed by atoms with van der Waals surface area (Å²) >= 11 is 0. The Morgan fingerprint density at radius 3 is 2.67 bits per heavy atom. The number of hydrogen-bond donors (Lipinski definition) is 1. The van der Waals surface area contributed by atoms with Crippen LogP contribution in [-0.2, 0) is 24.6 Å². The van der Waals surface area contributed by atoms with Crippen molar-refractivity contribution in [3.05, 3.63) is 0 Å². The Balaban J connectivity index is 2.20. The minimum atomic E-state index is -3.68. The molecule has 0 saturated carbocycles. The van der Waals surface area contributed by atoms with Gasteiger partial charge < -0.3 is 9.84 Å². The Labute approximate surface area is 107 Å². The maximum atomic E-state index is 12.3. The van der Waals surface area contributed by atoms with Gasteiger partial charge in [-0.05, 0) is 6.42 Å². The molecule has 2 saturated heterocycles. The molecule has 2 fully saturated rings. The van der Waals surface area contributed by atoms with E-state index in [1.807, 2.05) is 0 Å². The van der Waals surface area contributed by atoms with E-state index in [2.05, 4.69) is 0 Å². The van der Waals surface area contributed by atoms with Gasteiger partial charge in [-0.3, -0.25) is 0 Å². The van der Waals surface area contributed by atoms with Gasteiger partial charge in [0.15, 0.2) is 9.84 Å². The van der Waals surface area contributed by atoms with Crippen LogP contribution < -0.4 is 0 Å². The fraction of sp³-hybridized carbons (Fsp3) is 1.00. The van der Waals surface area contributed by atoms with Crippen LogP contribution >= 0.6 is 0 Å². The molecule has 0 radical (unpaired) electrons. The number of nitrogens with zero attached hydrogens (tertiary/aromatic N) is 1. The molecule has 0 spiro atoms. The van der Waals surface area contributed by atoms with E-state index in [4.69, 9.17) is 9.84 Å². The summed E-state index contributed by atoms with van der Waals surface area (Å²) in [6.45, 7) is 0.271. The molecule has 18 heavy (non-hydrogen) atoms.